The molecule has 4 aromatic rings. The van der Waals surface area contributed by atoms with Crippen molar-refractivity contribution in [2.24, 2.45) is 0 Å². The van der Waals surface area contributed by atoms with Gasteiger partial charge in [-0.2, -0.15) is 22.7 Å². The number of benzene rings is 1. The molecule has 154 valence electrons. The fourth-order valence-corrected chi connectivity index (χ4v) is 4.10. The van der Waals surface area contributed by atoms with Gasteiger partial charge in [-0.3, -0.25) is 9.36 Å². The molecule has 5 rings (SSSR count). The Morgan fingerprint density at radius 1 is 1.07 bits per heavy atom. The highest BCUT2D eigenvalue weighted by Gasteiger charge is 2.30. The Morgan fingerprint density at radius 2 is 1.87 bits per heavy atom. The maximum Gasteiger partial charge on any atom is 0.416 e. The molecule has 3 heterocycles. The molecular weight excluding hydrogens is 395 g/mol. The van der Waals surface area contributed by atoms with Crippen molar-refractivity contribution in [2.45, 2.75) is 44.2 Å². The number of halogens is 3. The van der Waals surface area contributed by atoms with Gasteiger partial charge < -0.3 is 0 Å². The molecule has 1 aliphatic carbocycles. The third kappa shape index (κ3) is 3.14. The van der Waals surface area contributed by atoms with Crippen molar-refractivity contribution < 1.29 is 13.2 Å². The molecule has 0 N–H and O–H groups in total. The monoisotopic (exact) mass is 413 g/mol. The quantitative estimate of drug-likeness (QED) is 0.486. The van der Waals surface area contributed by atoms with Gasteiger partial charge in [-0.1, -0.05) is 25.3 Å². The molecule has 0 radical (unpaired) electrons. The Hall–Kier alpha value is -3.23. The number of rotatable bonds is 2. The van der Waals surface area contributed by atoms with E-state index in [0.29, 0.717) is 17.2 Å². The zero-order valence-electron chi connectivity index (χ0n) is 15.9. The van der Waals surface area contributed by atoms with Crippen molar-refractivity contribution in [3.8, 4) is 5.69 Å². The maximum atomic E-state index is 13.1. The fourth-order valence-electron chi connectivity index (χ4n) is 4.10. The Kier molecular flexibility index (Phi) is 4.34. The summed E-state index contributed by atoms with van der Waals surface area (Å²) in [6, 6.07) is 6.33. The van der Waals surface area contributed by atoms with Crippen LogP contribution in [0.15, 0.2) is 47.5 Å². The summed E-state index contributed by atoms with van der Waals surface area (Å²) in [5.41, 5.74) is -0.606. The van der Waals surface area contributed by atoms with E-state index in [1.165, 1.54) is 35.5 Å². The Balaban J connectivity index is 1.63. The molecule has 1 fully saturated rings. The van der Waals surface area contributed by atoms with Gasteiger partial charge in [0, 0.05) is 24.0 Å². The molecular formula is C21H18F3N5O. The van der Waals surface area contributed by atoms with Crippen LogP contribution in [0, 0.1) is 0 Å². The van der Waals surface area contributed by atoms with Gasteiger partial charge in [0.05, 0.1) is 16.5 Å². The first-order valence-corrected chi connectivity index (χ1v) is 9.86. The SMILES string of the molecule is O=c1c2cnc3nc(C4CCCCC4)nn3c2ccn1-c1cccc(C(F)(F)F)c1. The molecule has 3 aromatic heterocycles. The summed E-state index contributed by atoms with van der Waals surface area (Å²) in [4.78, 5) is 21.8. The van der Waals surface area contributed by atoms with Crippen molar-refractivity contribution in [1.29, 1.82) is 0 Å². The highest BCUT2D eigenvalue weighted by Crippen LogP contribution is 2.32. The highest BCUT2D eigenvalue weighted by molar-refractivity contribution is 5.79. The van der Waals surface area contributed by atoms with Crippen molar-refractivity contribution in [3.63, 3.8) is 0 Å². The molecule has 0 saturated heterocycles. The standard InChI is InChI=1S/C21H18F3N5O/c22-21(23,24)14-7-4-8-15(11-14)28-10-9-17-16(19(28)30)12-25-20-26-18(27-29(17)20)13-5-2-1-3-6-13/h4,7-13H,1-3,5-6H2. The smallest absolute Gasteiger partial charge is 0.284 e. The summed E-state index contributed by atoms with van der Waals surface area (Å²) < 4.78 is 41.9. The minimum Gasteiger partial charge on any atom is -0.284 e. The fraction of sp³-hybridized carbons (Fsp3) is 0.333. The average Bonchev–Trinajstić information content (AvgIpc) is 3.19. The van der Waals surface area contributed by atoms with Gasteiger partial charge in [-0.05, 0) is 37.1 Å². The maximum absolute atomic E-state index is 13.1. The van der Waals surface area contributed by atoms with E-state index in [-0.39, 0.29) is 11.1 Å². The normalized spacial score (nSPS) is 15.8. The minimum absolute atomic E-state index is 0.137. The van der Waals surface area contributed by atoms with Gasteiger partial charge in [-0.15, -0.1) is 5.10 Å². The summed E-state index contributed by atoms with van der Waals surface area (Å²) in [7, 11) is 0. The number of alkyl halides is 3. The number of hydrogen-bond donors (Lipinski definition) is 0. The molecule has 30 heavy (non-hydrogen) atoms. The minimum atomic E-state index is -4.49. The third-order valence-corrected chi connectivity index (χ3v) is 5.67. The molecule has 0 bridgehead atoms. The number of fused-ring (bicyclic) bond motifs is 3. The Morgan fingerprint density at radius 3 is 2.63 bits per heavy atom. The van der Waals surface area contributed by atoms with Crippen LogP contribution < -0.4 is 5.56 Å². The van der Waals surface area contributed by atoms with Crippen LogP contribution in [0.1, 0.15) is 49.4 Å². The van der Waals surface area contributed by atoms with Crippen LogP contribution in [-0.2, 0) is 6.18 Å². The lowest BCUT2D eigenvalue weighted by Crippen LogP contribution is -2.19. The number of nitrogens with zero attached hydrogens (tertiary/aromatic N) is 5. The first-order valence-electron chi connectivity index (χ1n) is 9.86. The number of pyridine rings is 1. The predicted molar refractivity (Wildman–Crippen MR) is 105 cm³/mol. The second-order valence-corrected chi connectivity index (χ2v) is 7.61. The van der Waals surface area contributed by atoms with Crippen LogP contribution >= 0.6 is 0 Å². The summed E-state index contributed by atoms with van der Waals surface area (Å²) in [6.45, 7) is 0. The zero-order valence-corrected chi connectivity index (χ0v) is 15.9. The van der Waals surface area contributed by atoms with Gasteiger partial charge in [0.15, 0.2) is 5.82 Å². The predicted octanol–water partition coefficient (Wildman–Crippen LogP) is 4.49. The molecule has 1 saturated carbocycles. The van der Waals surface area contributed by atoms with Gasteiger partial charge in [0.2, 0.25) is 0 Å². The lowest BCUT2D eigenvalue weighted by Gasteiger charge is -2.17. The van der Waals surface area contributed by atoms with Crippen LogP contribution in [0.3, 0.4) is 0 Å². The molecule has 9 heteroatoms. The van der Waals surface area contributed by atoms with Crippen LogP contribution in [-0.4, -0.2) is 24.1 Å². The summed E-state index contributed by atoms with van der Waals surface area (Å²) in [5, 5.41) is 4.87. The zero-order chi connectivity index (χ0) is 20.9. The number of aromatic nitrogens is 5. The van der Waals surface area contributed by atoms with E-state index >= 15 is 0 Å². The topological polar surface area (TPSA) is 65.1 Å². The van der Waals surface area contributed by atoms with E-state index in [0.717, 1.165) is 43.6 Å². The summed E-state index contributed by atoms with van der Waals surface area (Å²) >= 11 is 0. The molecule has 0 amide bonds. The van der Waals surface area contributed by atoms with Crippen LogP contribution in [0.4, 0.5) is 13.2 Å². The molecule has 0 aliphatic heterocycles. The third-order valence-electron chi connectivity index (χ3n) is 5.67. The lowest BCUT2D eigenvalue weighted by molar-refractivity contribution is -0.137. The van der Waals surface area contributed by atoms with Crippen LogP contribution in [0.5, 0.6) is 0 Å². The number of hydrogen-bond acceptors (Lipinski definition) is 4. The van der Waals surface area contributed by atoms with E-state index in [1.807, 2.05) is 0 Å². The average molecular weight is 413 g/mol. The van der Waals surface area contributed by atoms with Gasteiger partial charge in [-0.25, -0.2) is 4.98 Å². The van der Waals surface area contributed by atoms with Crippen LogP contribution in [0.2, 0.25) is 0 Å². The molecule has 6 nitrogen and oxygen atoms in total. The van der Waals surface area contributed by atoms with Crippen molar-refractivity contribution in [3.05, 3.63) is 64.5 Å². The van der Waals surface area contributed by atoms with E-state index in [9.17, 15) is 18.0 Å². The van der Waals surface area contributed by atoms with E-state index in [1.54, 1.807) is 10.6 Å². The van der Waals surface area contributed by atoms with E-state index in [4.69, 9.17) is 0 Å². The van der Waals surface area contributed by atoms with Crippen LogP contribution in [0.25, 0.3) is 22.4 Å². The van der Waals surface area contributed by atoms with Gasteiger partial charge in [0.1, 0.15) is 0 Å². The first kappa shape index (κ1) is 18.8. The van der Waals surface area contributed by atoms with E-state index in [2.05, 4.69) is 15.1 Å². The Labute approximate surface area is 169 Å². The highest BCUT2D eigenvalue weighted by atomic mass is 19.4. The molecule has 0 spiro atoms. The summed E-state index contributed by atoms with van der Waals surface area (Å²) in [6.07, 6.45) is 3.99. The molecule has 1 aliphatic rings. The largest absolute Gasteiger partial charge is 0.416 e. The molecule has 1 aromatic carbocycles. The van der Waals surface area contributed by atoms with Crippen molar-refractivity contribution in [2.75, 3.05) is 0 Å². The molecule has 0 unspecified atom stereocenters. The van der Waals surface area contributed by atoms with E-state index < -0.39 is 17.3 Å². The lowest BCUT2D eigenvalue weighted by atomic mass is 9.89. The summed E-state index contributed by atoms with van der Waals surface area (Å²) in [5.74, 6) is 1.44. The Bertz CT molecular complexity index is 1300. The first-order chi connectivity index (χ1) is 14.4. The van der Waals surface area contributed by atoms with Crippen molar-refractivity contribution in [1.82, 2.24) is 24.1 Å². The van der Waals surface area contributed by atoms with Gasteiger partial charge in [0.25, 0.3) is 11.3 Å². The second kappa shape index (κ2) is 6.93. The molecule has 0 atom stereocenters. The second-order valence-electron chi connectivity index (χ2n) is 7.61. The van der Waals surface area contributed by atoms with Crippen molar-refractivity contribution >= 4 is 16.7 Å². The van der Waals surface area contributed by atoms with Gasteiger partial charge >= 0.3 is 6.18 Å².